The van der Waals surface area contributed by atoms with Gasteiger partial charge in [-0.25, -0.2) is 8.78 Å². The zero-order chi connectivity index (χ0) is 18.2. The van der Waals surface area contributed by atoms with E-state index in [-0.39, 0.29) is 17.1 Å². The fourth-order valence-corrected chi connectivity index (χ4v) is 2.29. The Kier molecular flexibility index (Phi) is 4.19. The number of fused-ring (bicyclic) bond motifs is 1. The van der Waals surface area contributed by atoms with E-state index in [4.69, 9.17) is 4.74 Å². The Hall–Kier alpha value is -2.91. The average Bonchev–Trinajstić information content (AvgIpc) is 2.97. The number of ether oxygens (including phenoxy) is 2. The van der Waals surface area contributed by atoms with Crippen molar-refractivity contribution < 1.29 is 31.4 Å². The van der Waals surface area contributed by atoms with Gasteiger partial charge in [0.15, 0.2) is 5.75 Å². The van der Waals surface area contributed by atoms with Gasteiger partial charge in [0.2, 0.25) is 11.5 Å². The Balaban J connectivity index is 2.04. The molecule has 25 heavy (non-hydrogen) atoms. The number of hydrogen-bond acceptors (Lipinski definition) is 4. The predicted octanol–water partition coefficient (Wildman–Crippen LogP) is 4.24. The molecular formula is C15H10F5N3O2. The van der Waals surface area contributed by atoms with Crippen LogP contribution in [0.4, 0.5) is 22.0 Å². The van der Waals surface area contributed by atoms with Crippen LogP contribution >= 0.6 is 0 Å². The molecule has 0 aliphatic carbocycles. The molecule has 132 valence electrons. The maximum Gasteiger partial charge on any atom is 0.573 e. The molecule has 10 heteroatoms. The van der Waals surface area contributed by atoms with Crippen LogP contribution in [0.1, 0.15) is 12.2 Å². The summed E-state index contributed by atoms with van der Waals surface area (Å²) in [4.78, 5) is 0. The van der Waals surface area contributed by atoms with E-state index in [1.54, 1.807) is 0 Å². The van der Waals surface area contributed by atoms with Gasteiger partial charge >= 0.3 is 6.36 Å². The van der Waals surface area contributed by atoms with Crippen molar-refractivity contribution in [1.29, 1.82) is 0 Å². The number of aromatic nitrogens is 3. The number of alkyl halides is 5. The van der Waals surface area contributed by atoms with E-state index in [0.717, 1.165) is 16.5 Å². The van der Waals surface area contributed by atoms with Gasteiger partial charge in [-0.2, -0.15) is 0 Å². The van der Waals surface area contributed by atoms with E-state index in [1.165, 1.54) is 31.5 Å². The van der Waals surface area contributed by atoms with Gasteiger partial charge in [-0.3, -0.25) is 4.40 Å². The Labute approximate surface area is 137 Å². The van der Waals surface area contributed by atoms with Gasteiger partial charge in [0.1, 0.15) is 5.75 Å². The summed E-state index contributed by atoms with van der Waals surface area (Å²) in [6.45, 7) is 0. The van der Waals surface area contributed by atoms with Crippen molar-refractivity contribution in [1.82, 2.24) is 14.6 Å². The summed E-state index contributed by atoms with van der Waals surface area (Å²) in [5, 5.41) is 7.09. The minimum absolute atomic E-state index is 0.110. The first kappa shape index (κ1) is 16.9. The number of benzene rings is 1. The molecule has 5 nitrogen and oxygen atoms in total. The molecule has 0 bridgehead atoms. The zero-order valence-corrected chi connectivity index (χ0v) is 12.6. The van der Waals surface area contributed by atoms with Gasteiger partial charge in [0, 0.05) is 11.8 Å². The third-order valence-electron chi connectivity index (χ3n) is 3.33. The van der Waals surface area contributed by atoms with Crippen LogP contribution in [0, 0.1) is 0 Å². The second kappa shape index (κ2) is 6.19. The molecule has 2 aromatic heterocycles. The number of halogens is 5. The third kappa shape index (κ3) is 3.47. The lowest BCUT2D eigenvalue weighted by atomic mass is 10.1. The normalized spacial score (nSPS) is 12.0. The molecule has 3 rings (SSSR count). The molecule has 0 unspecified atom stereocenters. The van der Waals surface area contributed by atoms with Crippen LogP contribution in [-0.2, 0) is 0 Å². The third-order valence-corrected chi connectivity index (χ3v) is 3.33. The quantitative estimate of drug-likeness (QED) is 0.654. The van der Waals surface area contributed by atoms with Gasteiger partial charge in [-0.15, -0.1) is 23.4 Å². The number of pyridine rings is 1. The molecule has 1 aromatic carbocycles. The molecule has 0 N–H and O–H groups in total. The van der Waals surface area contributed by atoms with Gasteiger partial charge in [0.25, 0.3) is 6.43 Å². The highest BCUT2D eigenvalue weighted by molar-refractivity contribution is 5.69. The van der Waals surface area contributed by atoms with Gasteiger partial charge in [-0.05, 0) is 23.8 Å². The molecule has 0 aliphatic rings. The smallest absolute Gasteiger partial charge is 0.493 e. The number of methoxy groups -OCH3 is 1. The molecule has 0 aliphatic heterocycles. The van der Waals surface area contributed by atoms with Crippen LogP contribution in [-0.4, -0.2) is 28.1 Å². The predicted molar refractivity (Wildman–Crippen MR) is 76.6 cm³/mol. The molecule has 0 atom stereocenters. The van der Waals surface area contributed by atoms with E-state index in [1.807, 2.05) is 0 Å². The molecule has 0 saturated heterocycles. The lowest BCUT2D eigenvalue weighted by Crippen LogP contribution is -2.16. The standard InChI is InChI=1S/C15H10F5N3O2/c1-24-11-6-9(7-23-13(11)21-22-14(23)12(16)17)8-2-4-10(5-3-8)25-15(18,19)20/h2-7,12H,1H3. The minimum Gasteiger partial charge on any atom is -0.493 e. The number of nitrogens with zero attached hydrogens (tertiary/aromatic N) is 3. The SMILES string of the molecule is COc1cc(-c2ccc(OC(F)(F)F)cc2)cn2c(C(F)F)nnc12. The highest BCUT2D eigenvalue weighted by Gasteiger charge is 2.31. The number of hydrogen-bond donors (Lipinski definition) is 0. The Bertz CT molecular complexity index is 891. The molecule has 0 radical (unpaired) electrons. The van der Waals surface area contributed by atoms with Crippen molar-refractivity contribution in [3.8, 4) is 22.6 Å². The monoisotopic (exact) mass is 359 g/mol. The summed E-state index contributed by atoms with van der Waals surface area (Å²) >= 11 is 0. The largest absolute Gasteiger partial charge is 0.573 e. The van der Waals surface area contributed by atoms with E-state index in [9.17, 15) is 22.0 Å². The summed E-state index contributed by atoms with van der Waals surface area (Å²) in [6.07, 6.45) is -6.28. The number of rotatable bonds is 4. The highest BCUT2D eigenvalue weighted by Crippen LogP contribution is 2.31. The van der Waals surface area contributed by atoms with Crippen molar-refractivity contribution in [2.24, 2.45) is 0 Å². The molecule has 0 spiro atoms. The van der Waals surface area contributed by atoms with E-state index in [2.05, 4.69) is 14.9 Å². The van der Waals surface area contributed by atoms with Crippen LogP contribution in [0.25, 0.3) is 16.8 Å². The van der Waals surface area contributed by atoms with Gasteiger partial charge in [0.05, 0.1) is 7.11 Å². The molecule has 3 aromatic rings. The first-order chi connectivity index (χ1) is 11.8. The van der Waals surface area contributed by atoms with Gasteiger partial charge in [-0.1, -0.05) is 12.1 Å². The maximum absolute atomic E-state index is 13.0. The molecule has 0 saturated carbocycles. The zero-order valence-electron chi connectivity index (χ0n) is 12.6. The van der Waals surface area contributed by atoms with Crippen LogP contribution in [0.2, 0.25) is 0 Å². The van der Waals surface area contributed by atoms with Gasteiger partial charge < -0.3 is 9.47 Å². The van der Waals surface area contributed by atoms with Crippen LogP contribution < -0.4 is 9.47 Å². The second-order valence-electron chi connectivity index (χ2n) is 4.92. The minimum atomic E-state index is -4.79. The molecule has 0 amide bonds. The highest BCUT2D eigenvalue weighted by atomic mass is 19.4. The fourth-order valence-electron chi connectivity index (χ4n) is 2.29. The van der Waals surface area contributed by atoms with Crippen molar-refractivity contribution in [3.63, 3.8) is 0 Å². The molecule has 2 heterocycles. The van der Waals surface area contributed by atoms with Crippen molar-refractivity contribution >= 4 is 5.65 Å². The van der Waals surface area contributed by atoms with Crippen LogP contribution in [0.15, 0.2) is 36.5 Å². The Morgan fingerprint density at radius 1 is 1.04 bits per heavy atom. The summed E-state index contributed by atoms with van der Waals surface area (Å²) in [6, 6.07) is 6.51. The topological polar surface area (TPSA) is 48.7 Å². The lowest BCUT2D eigenvalue weighted by molar-refractivity contribution is -0.274. The summed E-state index contributed by atoms with van der Waals surface area (Å²) in [5.41, 5.74) is 1.02. The summed E-state index contributed by atoms with van der Waals surface area (Å²) in [7, 11) is 1.34. The van der Waals surface area contributed by atoms with E-state index in [0.29, 0.717) is 11.1 Å². The Morgan fingerprint density at radius 2 is 1.72 bits per heavy atom. The molecule has 0 fully saturated rings. The van der Waals surface area contributed by atoms with Crippen molar-refractivity contribution in [2.45, 2.75) is 12.8 Å². The summed E-state index contributed by atoms with van der Waals surface area (Å²) in [5.74, 6) is -0.749. The summed E-state index contributed by atoms with van der Waals surface area (Å²) < 4.78 is 72.6. The first-order valence-corrected chi connectivity index (χ1v) is 6.85. The fraction of sp³-hybridized carbons (Fsp3) is 0.200. The average molecular weight is 359 g/mol. The van der Waals surface area contributed by atoms with Crippen LogP contribution in [0.5, 0.6) is 11.5 Å². The van der Waals surface area contributed by atoms with E-state index < -0.39 is 18.6 Å². The van der Waals surface area contributed by atoms with Crippen molar-refractivity contribution in [3.05, 3.63) is 42.4 Å². The maximum atomic E-state index is 13.0. The molecular weight excluding hydrogens is 349 g/mol. The van der Waals surface area contributed by atoms with Crippen molar-refractivity contribution in [2.75, 3.05) is 7.11 Å². The van der Waals surface area contributed by atoms with Crippen LogP contribution in [0.3, 0.4) is 0 Å². The van der Waals surface area contributed by atoms with E-state index >= 15 is 0 Å². The first-order valence-electron chi connectivity index (χ1n) is 6.85. The Morgan fingerprint density at radius 3 is 2.28 bits per heavy atom. The lowest BCUT2D eigenvalue weighted by Gasteiger charge is -2.11. The second-order valence-corrected chi connectivity index (χ2v) is 4.92.